The zero-order chi connectivity index (χ0) is 14.5. The average Bonchev–Trinajstić information content (AvgIpc) is 2.38. The number of ether oxygens (including phenoxy) is 1. The lowest BCUT2D eigenvalue weighted by Crippen LogP contribution is -2.07. The second-order valence-electron chi connectivity index (χ2n) is 4.97. The van der Waals surface area contributed by atoms with E-state index >= 15 is 0 Å². The predicted molar refractivity (Wildman–Crippen MR) is 77.4 cm³/mol. The molecule has 0 fully saturated rings. The normalized spacial score (nSPS) is 12.2. The van der Waals surface area contributed by atoms with Crippen LogP contribution in [0.15, 0.2) is 42.5 Å². The summed E-state index contributed by atoms with van der Waals surface area (Å²) >= 11 is 0. The lowest BCUT2D eigenvalue weighted by molar-refractivity contribution is 0.140. The van der Waals surface area contributed by atoms with E-state index in [2.05, 4.69) is 0 Å². The number of hydrogen-bond donors (Lipinski definition) is 1. The van der Waals surface area contributed by atoms with Crippen molar-refractivity contribution in [2.24, 2.45) is 0 Å². The van der Waals surface area contributed by atoms with Crippen molar-refractivity contribution in [3.63, 3.8) is 0 Å². The Morgan fingerprint density at radius 3 is 2.65 bits per heavy atom. The molecule has 0 heterocycles. The molecule has 1 unspecified atom stereocenters. The molecule has 0 radical (unpaired) electrons. The zero-order valence-corrected chi connectivity index (χ0v) is 11.8. The number of rotatable bonds is 5. The number of halogens is 1. The minimum absolute atomic E-state index is 0.283. The maximum atomic E-state index is 13.0. The predicted octanol–water partition coefficient (Wildman–Crippen LogP) is 3.95. The van der Waals surface area contributed by atoms with Crippen LogP contribution in [0.25, 0.3) is 0 Å². The molecule has 0 saturated carbocycles. The highest BCUT2D eigenvalue weighted by atomic mass is 19.1. The van der Waals surface area contributed by atoms with E-state index in [0.717, 1.165) is 22.4 Å². The average molecular weight is 274 g/mol. The smallest absolute Gasteiger partial charge is 0.123 e. The minimum atomic E-state index is -0.639. The van der Waals surface area contributed by atoms with Crippen molar-refractivity contribution in [2.45, 2.75) is 26.4 Å². The van der Waals surface area contributed by atoms with Crippen LogP contribution in [0.3, 0.4) is 0 Å². The zero-order valence-electron chi connectivity index (χ0n) is 11.8. The van der Waals surface area contributed by atoms with Crippen LogP contribution in [0.2, 0.25) is 0 Å². The van der Waals surface area contributed by atoms with E-state index in [4.69, 9.17) is 4.74 Å². The monoisotopic (exact) mass is 274 g/mol. The first-order chi connectivity index (χ1) is 9.56. The van der Waals surface area contributed by atoms with Crippen molar-refractivity contribution in [2.75, 3.05) is 6.61 Å². The lowest BCUT2D eigenvalue weighted by atomic mass is 10.0. The summed E-state index contributed by atoms with van der Waals surface area (Å²) < 4.78 is 18.6. The summed E-state index contributed by atoms with van der Waals surface area (Å²) in [5, 5.41) is 10.1. The first-order valence-electron chi connectivity index (χ1n) is 6.70. The van der Waals surface area contributed by atoms with Gasteiger partial charge in [-0.1, -0.05) is 18.2 Å². The molecule has 2 rings (SSSR count). The Balaban J connectivity index is 1.90. The maximum absolute atomic E-state index is 13.0. The van der Waals surface area contributed by atoms with Crippen LogP contribution in [0.5, 0.6) is 5.75 Å². The Hall–Kier alpha value is -1.87. The van der Waals surface area contributed by atoms with Crippen molar-refractivity contribution in [3.05, 3.63) is 65.0 Å². The molecule has 0 aliphatic carbocycles. The van der Waals surface area contributed by atoms with Crippen molar-refractivity contribution < 1.29 is 14.2 Å². The van der Waals surface area contributed by atoms with Crippen molar-refractivity contribution in [1.29, 1.82) is 0 Å². The molecule has 0 aliphatic heterocycles. The van der Waals surface area contributed by atoms with Gasteiger partial charge in [-0.3, -0.25) is 0 Å². The molecular formula is C17H19FO2. The molecule has 0 saturated heterocycles. The Bertz CT molecular complexity index is 581. The molecule has 2 aromatic carbocycles. The molecule has 0 amide bonds. The van der Waals surface area contributed by atoms with Gasteiger partial charge in [-0.2, -0.15) is 0 Å². The molecule has 0 aliphatic rings. The molecule has 0 bridgehead atoms. The third-order valence-electron chi connectivity index (χ3n) is 3.24. The van der Waals surface area contributed by atoms with Gasteiger partial charge in [0.15, 0.2) is 0 Å². The van der Waals surface area contributed by atoms with Crippen LogP contribution in [-0.2, 0) is 0 Å². The summed E-state index contributed by atoms with van der Waals surface area (Å²) in [6, 6.07) is 12.2. The van der Waals surface area contributed by atoms with E-state index in [1.165, 1.54) is 12.1 Å². The Kier molecular flexibility index (Phi) is 4.74. The van der Waals surface area contributed by atoms with Gasteiger partial charge in [0.1, 0.15) is 11.6 Å². The molecule has 20 heavy (non-hydrogen) atoms. The Labute approximate surface area is 118 Å². The highest BCUT2D eigenvalue weighted by Gasteiger charge is 2.11. The number of aliphatic hydroxyl groups excluding tert-OH is 1. The quantitative estimate of drug-likeness (QED) is 0.894. The largest absolute Gasteiger partial charge is 0.493 e. The summed E-state index contributed by atoms with van der Waals surface area (Å²) in [4.78, 5) is 0. The Morgan fingerprint density at radius 1 is 1.15 bits per heavy atom. The fourth-order valence-electron chi connectivity index (χ4n) is 2.16. The van der Waals surface area contributed by atoms with E-state index < -0.39 is 6.10 Å². The highest BCUT2D eigenvalue weighted by molar-refractivity contribution is 5.29. The fourth-order valence-corrected chi connectivity index (χ4v) is 2.16. The summed E-state index contributed by atoms with van der Waals surface area (Å²) in [5.41, 5.74) is 2.64. The van der Waals surface area contributed by atoms with Gasteiger partial charge in [0.2, 0.25) is 0 Å². The summed E-state index contributed by atoms with van der Waals surface area (Å²) in [6.07, 6.45) is -0.166. The molecule has 2 nitrogen and oxygen atoms in total. The van der Waals surface area contributed by atoms with Gasteiger partial charge in [-0.05, 0) is 54.8 Å². The fraction of sp³-hybridized carbons (Fsp3) is 0.294. The van der Waals surface area contributed by atoms with E-state index in [0.29, 0.717) is 13.0 Å². The number of hydrogen-bond acceptors (Lipinski definition) is 2. The SMILES string of the molecule is Cc1cccc(OCCC(O)c2ccc(F)cc2C)c1. The maximum Gasteiger partial charge on any atom is 0.123 e. The van der Waals surface area contributed by atoms with Crippen LogP contribution in [-0.4, -0.2) is 11.7 Å². The third-order valence-corrected chi connectivity index (χ3v) is 3.24. The molecule has 1 N–H and O–H groups in total. The van der Waals surface area contributed by atoms with Gasteiger partial charge in [0.05, 0.1) is 12.7 Å². The van der Waals surface area contributed by atoms with Crippen molar-refractivity contribution in [3.8, 4) is 5.75 Å². The lowest BCUT2D eigenvalue weighted by Gasteiger charge is -2.14. The van der Waals surface area contributed by atoms with E-state index in [1.54, 1.807) is 13.0 Å². The molecule has 106 valence electrons. The molecule has 3 heteroatoms. The molecule has 0 aromatic heterocycles. The van der Waals surface area contributed by atoms with Crippen molar-refractivity contribution >= 4 is 0 Å². The van der Waals surface area contributed by atoms with Crippen LogP contribution >= 0.6 is 0 Å². The highest BCUT2D eigenvalue weighted by Crippen LogP contribution is 2.22. The van der Waals surface area contributed by atoms with Crippen LogP contribution in [0.4, 0.5) is 4.39 Å². The first kappa shape index (κ1) is 14.5. The second-order valence-corrected chi connectivity index (χ2v) is 4.97. The molecule has 0 spiro atoms. The molecule has 2 aromatic rings. The number of aliphatic hydroxyl groups is 1. The van der Waals surface area contributed by atoms with Gasteiger partial charge in [-0.15, -0.1) is 0 Å². The minimum Gasteiger partial charge on any atom is -0.493 e. The van der Waals surface area contributed by atoms with Crippen molar-refractivity contribution in [1.82, 2.24) is 0 Å². The Morgan fingerprint density at radius 2 is 1.95 bits per heavy atom. The van der Waals surface area contributed by atoms with E-state index in [-0.39, 0.29) is 5.82 Å². The standard InChI is InChI=1S/C17H19FO2/c1-12-4-3-5-15(10-12)20-9-8-17(19)16-7-6-14(18)11-13(16)2/h3-7,10-11,17,19H,8-9H2,1-2H3. The number of aryl methyl sites for hydroxylation is 2. The number of benzene rings is 2. The van der Waals surface area contributed by atoms with Gasteiger partial charge in [0, 0.05) is 6.42 Å². The van der Waals surface area contributed by atoms with Crippen LogP contribution in [0.1, 0.15) is 29.2 Å². The van der Waals surface area contributed by atoms with Gasteiger partial charge in [0.25, 0.3) is 0 Å². The molecular weight excluding hydrogens is 255 g/mol. The summed E-state index contributed by atoms with van der Waals surface area (Å²) in [5.74, 6) is 0.516. The van der Waals surface area contributed by atoms with E-state index in [9.17, 15) is 9.50 Å². The second kappa shape index (κ2) is 6.53. The summed E-state index contributed by atoms with van der Waals surface area (Å²) in [7, 11) is 0. The van der Waals surface area contributed by atoms with Crippen LogP contribution in [0, 0.1) is 19.7 Å². The van der Waals surface area contributed by atoms with Gasteiger partial charge < -0.3 is 9.84 Å². The summed E-state index contributed by atoms with van der Waals surface area (Å²) in [6.45, 7) is 4.22. The first-order valence-corrected chi connectivity index (χ1v) is 6.70. The molecule has 1 atom stereocenters. The van der Waals surface area contributed by atoms with E-state index in [1.807, 2.05) is 31.2 Å². The third kappa shape index (κ3) is 3.81. The topological polar surface area (TPSA) is 29.5 Å². The van der Waals surface area contributed by atoms with Crippen LogP contribution < -0.4 is 4.74 Å². The van der Waals surface area contributed by atoms with Gasteiger partial charge >= 0.3 is 0 Å². The van der Waals surface area contributed by atoms with Gasteiger partial charge in [-0.25, -0.2) is 4.39 Å².